The number of hydrogen-bond donors (Lipinski definition) is 0. The van der Waals surface area contributed by atoms with Gasteiger partial charge in [-0.2, -0.15) is 5.10 Å². The van der Waals surface area contributed by atoms with Crippen LogP contribution < -0.4 is 4.74 Å². The van der Waals surface area contributed by atoms with Gasteiger partial charge in [-0.05, 0) is 12.1 Å². The number of fused-ring (bicyclic) bond motifs is 1. The van der Waals surface area contributed by atoms with E-state index in [-0.39, 0.29) is 0 Å². The Kier molecular flexibility index (Phi) is 3.73. The van der Waals surface area contributed by atoms with Crippen LogP contribution in [0.3, 0.4) is 0 Å². The SMILES string of the molecule is Clc1ccccc1OCc1nn2cc(-c3ccccc3)nc2s1. The van der Waals surface area contributed by atoms with E-state index in [0.717, 1.165) is 21.2 Å². The summed E-state index contributed by atoms with van der Waals surface area (Å²) in [6.07, 6.45) is 1.93. The highest BCUT2D eigenvalue weighted by Gasteiger charge is 2.10. The van der Waals surface area contributed by atoms with Crippen LogP contribution in [0.2, 0.25) is 5.02 Å². The number of halogens is 1. The molecule has 2 aromatic carbocycles. The average molecular weight is 342 g/mol. The Balaban J connectivity index is 1.54. The topological polar surface area (TPSA) is 39.4 Å². The van der Waals surface area contributed by atoms with Gasteiger partial charge in [0.2, 0.25) is 4.96 Å². The minimum absolute atomic E-state index is 0.373. The number of rotatable bonds is 4. The van der Waals surface area contributed by atoms with Crippen LogP contribution in [0, 0.1) is 0 Å². The first kappa shape index (κ1) is 14.2. The largest absolute Gasteiger partial charge is 0.485 e. The molecule has 6 heteroatoms. The van der Waals surface area contributed by atoms with E-state index in [1.54, 1.807) is 10.6 Å². The van der Waals surface area contributed by atoms with E-state index >= 15 is 0 Å². The summed E-state index contributed by atoms with van der Waals surface area (Å²) in [7, 11) is 0. The Hall–Kier alpha value is -2.37. The molecule has 0 radical (unpaired) electrons. The van der Waals surface area contributed by atoms with Crippen LogP contribution in [0.15, 0.2) is 60.8 Å². The maximum atomic E-state index is 6.08. The highest BCUT2D eigenvalue weighted by molar-refractivity contribution is 7.16. The maximum Gasteiger partial charge on any atom is 0.212 e. The lowest BCUT2D eigenvalue weighted by atomic mass is 10.2. The molecule has 2 aromatic heterocycles. The van der Waals surface area contributed by atoms with Crippen molar-refractivity contribution in [2.24, 2.45) is 0 Å². The van der Waals surface area contributed by atoms with Crippen LogP contribution >= 0.6 is 22.9 Å². The summed E-state index contributed by atoms with van der Waals surface area (Å²) in [6, 6.07) is 17.5. The highest BCUT2D eigenvalue weighted by Crippen LogP contribution is 2.26. The fourth-order valence-electron chi connectivity index (χ4n) is 2.25. The van der Waals surface area contributed by atoms with Crippen LogP contribution in [-0.2, 0) is 6.61 Å². The molecule has 0 amide bonds. The van der Waals surface area contributed by atoms with Gasteiger partial charge in [0, 0.05) is 5.56 Å². The van der Waals surface area contributed by atoms with Crippen molar-refractivity contribution in [1.82, 2.24) is 14.6 Å². The first-order valence-electron chi connectivity index (χ1n) is 7.07. The van der Waals surface area contributed by atoms with E-state index in [0.29, 0.717) is 17.4 Å². The first-order valence-corrected chi connectivity index (χ1v) is 8.27. The Labute approximate surface area is 141 Å². The van der Waals surface area contributed by atoms with Crippen molar-refractivity contribution in [1.29, 1.82) is 0 Å². The second kappa shape index (κ2) is 6.02. The third kappa shape index (κ3) is 2.93. The van der Waals surface area contributed by atoms with E-state index < -0.39 is 0 Å². The van der Waals surface area contributed by atoms with Gasteiger partial charge < -0.3 is 4.74 Å². The standard InChI is InChI=1S/C17H12ClN3OS/c18-13-8-4-5-9-15(13)22-11-16-20-21-10-14(19-17(21)23-16)12-6-2-1-3-7-12/h1-10H,11H2. The lowest BCUT2D eigenvalue weighted by molar-refractivity contribution is 0.304. The molecular weight excluding hydrogens is 330 g/mol. The smallest absolute Gasteiger partial charge is 0.212 e. The Bertz CT molecular complexity index is 917. The molecule has 2 heterocycles. The minimum Gasteiger partial charge on any atom is -0.485 e. The number of aromatic nitrogens is 3. The predicted octanol–water partition coefficient (Wildman–Crippen LogP) is 4.69. The number of nitrogens with zero attached hydrogens (tertiary/aromatic N) is 3. The monoisotopic (exact) mass is 341 g/mol. The van der Waals surface area contributed by atoms with Gasteiger partial charge in [0.05, 0.1) is 16.9 Å². The normalized spacial score (nSPS) is 11.0. The van der Waals surface area contributed by atoms with E-state index in [1.807, 2.05) is 54.7 Å². The van der Waals surface area contributed by atoms with E-state index in [9.17, 15) is 0 Å². The van der Waals surface area contributed by atoms with Gasteiger partial charge in [-0.15, -0.1) is 0 Å². The molecule has 0 bridgehead atoms. The fraction of sp³-hybridized carbons (Fsp3) is 0.0588. The zero-order valence-corrected chi connectivity index (χ0v) is 13.6. The number of ether oxygens (including phenoxy) is 1. The van der Waals surface area contributed by atoms with Crippen LogP contribution in [-0.4, -0.2) is 14.6 Å². The second-order valence-corrected chi connectivity index (χ2v) is 6.38. The van der Waals surface area contributed by atoms with Gasteiger partial charge in [-0.25, -0.2) is 9.50 Å². The Morgan fingerprint density at radius 1 is 1.04 bits per heavy atom. The predicted molar refractivity (Wildman–Crippen MR) is 92.1 cm³/mol. The molecule has 0 saturated carbocycles. The Morgan fingerprint density at radius 3 is 2.61 bits per heavy atom. The third-order valence-corrected chi connectivity index (χ3v) is 4.55. The summed E-state index contributed by atoms with van der Waals surface area (Å²) in [6.45, 7) is 0.373. The lowest BCUT2D eigenvalue weighted by Gasteiger charge is -2.04. The molecule has 4 nitrogen and oxygen atoms in total. The van der Waals surface area contributed by atoms with Gasteiger partial charge in [0.1, 0.15) is 12.4 Å². The molecule has 0 unspecified atom stereocenters. The van der Waals surface area contributed by atoms with Gasteiger partial charge >= 0.3 is 0 Å². The van der Waals surface area contributed by atoms with Gasteiger partial charge in [0.25, 0.3) is 0 Å². The van der Waals surface area contributed by atoms with Crippen molar-refractivity contribution < 1.29 is 4.74 Å². The fourth-order valence-corrected chi connectivity index (χ4v) is 3.23. The van der Waals surface area contributed by atoms with Crippen molar-refractivity contribution in [3.63, 3.8) is 0 Å². The summed E-state index contributed by atoms with van der Waals surface area (Å²) in [5, 5.41) is 5.96. The molecule has 4 aromatic rings. The second-order valence-electron chi connectivity index (χ2n) is 4.93. The van der Waals surface area contributed by atoms with Gasteiger partial charge in [0.15, 0.2) is 5.01 Å². The lowest BCUT2D eigenvalue weighted by Crippen LogP contribution is -1.96. The summed E-state index contributed by atoms with van der Waals surface area (Å²) < 4.78 is 7.50. The molecule has 0 saturated heterocycles. The molecule has 114 valence electrons. The number of hydrogen-bond acceptors (Lipinski definition) is 4. The summed E-state index contributed by atoms with van der Waals surface area (Å²) >= 11 is 7.59. The van der Waals surface area contributed by atoms with Crippen LogP contribution in [0.1, 0.15) is 5.01 Å². The average Bonchev–Trinajstić information content (AvgIpc) is 3.13. The molecule has 0 aliphatic heterocycles. The van der Waals surface area contributed by atoms with E-state index in [1.165, 1.54) is 11.3 Å². The van der Waals surface area contributed by atoms with E-state index in [2.05, 4.69) is 10.1 Å². The molecule has 0 spiro atoms. The Morgan fingerprint density at radius 2 is 1.83 bits per heavy atom. The van der Waals surface area contributed by atoms with Crippen molar-refractivity contribution in [2.75, 3.05) is 0 Å². The molecule has 4 rings (SSSR count). The van der Waals surface area contributed by atoms with Crippen molar-refractivity contribution in [3.05, 3.63) is 70.8 Å². The molecule has 0 aliphatic carbocycles. The number of benzene rings is 2. The summed E-state index contributed by atoms with van der Waals surface area (Å²) in [4.78, 5) is 5.46. The zero-order valence-electron chi connectivity index (χ0n) is 12.0. The molecule has 23 heavy (non-hydrogen) atoms. The number of imidazole rings is 1. The van der Waals surface area contributed by atoms with Gasteiger partial charge in [-0.1, -0.05) is 65.4 Å². The molecular formula is C17H12ClN3OS. The van der Waals surface area contributed by atoms with Crippen LogP contribution in [0.4, 0.5) is 0 Å². The van der Waals surface area contributed by atoms with Crippen molar-refractivity contribution in [2.45, 2.75) is 6.61 Å². The van der Waals surface area contributed by atoms with Gasteiger partial charge in [-0.3, -0.25) is 0 Å². The zero-order chi connectivity index (χ0) is 15.6. The number of para-hydroxylation sites is 1. The molecule has 0 atom stereocenters. The van der Waals surface area contributed by atoms with Crippen LogP contribution in [0.25, 0.3) is 16.2 Å². The van der Waals surface area contributed by atoms with E-state index in [4.69, 9.17) is 16.3 Å². The van der Waals surface area contributed by atoms with Crippen LogP contribution in [0.5, 0.6) is 5.75 Å². The quantitative estimate of drug-likeness (QED) is 0.540. The van der Waals surface area contributed by atoms with Crippen molar-refractivity contribution in [3.8, 4) is 17.0 Å². The minimum atomic E-state index is 0.373. The third-order valence-electron chi connectivity index (χ3n) is 3.34. The summed E-state index contributed by atoms with van der Waals surface area (Å²) in [5.74, 6) is 0.659. The van der Waals surface area contributed by atoms with Crippen molar-refractivity contribution >= 4 is 27.9 Å². The highest BCUT2D eigenvalue weighted by atomic mass is 35.5. The molecule has 0 N–H and O–H groups in total. The maximum absolute atomic E-state index is 6.08. The molecule has 0 aliphatic rings. The summed E-state index contributed by atoms with van der Waals surface area (Å²) in [5.41, 5.74) is 2.00. The first-order chi connectivity index (χ1) is 11.3. The molecule has 0 fully saturated rings.